The van der Waals surface area contributed by atoms with Crippen molar-refractivity contribution in [2.24, 2.45) is 5.92 Å². The molecule has 0 spiro atoms. The van der Waals surface area contributed by atoms with E-state index in [1.54, 1.807) is 0 Å². The van der Waals surface area contributed by atoms with E-state index >= 15 is 0 Å². The molecule has 0 saturated heterocycles. The topological polar surface area (TPSA) is 29.1 Å². The Balaban J connectivity index is 2.65. The van der Waals surface area contributed by atoms with Crippen molar-refractivity contribution in [1.29, 1.82) is 0 Å². The van der Waals surface area contributed by atoms with Crippen LogP contribution in [0.4, 0.5) is 5.69 Å². The number of carbonyl (C=O) groups excluding carboxylic acids is 1. The molecule has 0 radical (unpaired) electrons. The van der Waals surface area contributed by atoms with Gasteiger partial charge in [0.2, 0.25) is 5.91 Å². The maximum Gasteiger partial charge on any atom is 0.224 e. The molecule has 0 fully saturated rings. The van der Waals surface area contributed by atoms with Gasteiger partial charge in [-0.1, -0.05) is 42.3 Å². The molecule has 1 N–H and O–H groups in total. The summed E-state index contributed by atoms with van der Waals surface area (Å²) < 4.78 is 0.983. The first-order chi connectivity index (χ1) is 7.52. The first-order valence-electron chi connectivity index (χ1n) is 5.59. The van der Waals surface area contributed by atoms with Crippen molar-refractivity contribution < 1.29 is 4.79 Å². The van der Waals surface area contributed by atoms with Crippen LogP contribution in [0.1, 0.15) is 32.3 Å². The fraction of sp³-hybridized carbons (Fsp3) is 0.462. The second-order valence-electron chi connectivity index (χ2n) is 4.22. The average molecular weight is 284 g/mol. The molecule has 1 atom stereocenters. The summed E-state index contributed by atoms with van der Waals surface area (Å²) in [4.78, 5) is 11.7. The van der Waals surface area contributed by atoms with E-state index < -0.39 is 0 Å². The molecule has 0 aromatic heterocycles. The van der Waals surface area contributed by atoms with Gasteiger partial charge in [-0.2, -0.15) is 0 Å². The molecule has 1 amide bonds. The van der Waals surface area contributed by atoms with Gasteiger partial charge in [-0.3, -0.25) is 4.79 Å². The average Bonchev–Trinajstić information content (AvgIpc) is 2.23. The van der Waals surface area contributed by atoms with Crippen LogP contribution in [0.15, 0.2) is 22.7 Å². The molecule has 1 aromatic rings. The highest BCUT2D eigenvalue weighted by molar-refractivity contribution is 9.10. The number of rotatable bonds is 4. The van der Waals surface area contributed by atoms with Crippen LogP contribution < -0.4 is 5.32 Å². The van der Waals surface area contributed by atoms with E-state index in [0.29, 0.717) is 12.3 Å². The Kier molecular flexibility index (Phi) is 5.00. The van der Waals surface area contributed by atoms with Crippen LogP contribution in [0.3, 0.4) is 0 Å². The third-order valence-electron chi connectivity index (χ3n) is 2.70. The molecule has 1 rings (SSSR count). The Morgan fingerprint density at radius 2 is 2.19 bits per heavy atom. The molecule has 0 aliphatic carbocycles. The van der Waals surface area contributed by atoms with Crippen molar-refractivity contribution in [1.82, 2.24) is 0 Å². The molecule has 2 nitrogen and oxygen atoms in total. The van der Waals surface area contributed by atoms with Gasteiger partial charge in [-0.05, 0) is 30.5 Å². The third kappa shape index (κ3) is 3.97. The largest absolute Gasteiger partial charge is 0.326 e. The molecule has 3 heteroatoms. The van der Waals surface area contributed by atoms with E-state index in [-0.39, 0.29) is 5.91 Å². The van der Waals surface area contributed by atoms with Crippen LogP contribution in [0.2, 0.25) is 0 Å². The van der Waals surface area contributed by atoms with Gasteiger partial charge in [-0.25, -0.2) is 0 Å². The van der Waals surface area contributed by atoms with Crippen LogP contribution in [0.5, 0.6) is 0 Å². The van der Waals surface area contributed by atoms with E-state index in [1.165, 1.54) is 0 Å². The first kappa shape index (κ1) is 13.2. The Bertz CT molecular complexity index is 376. The van der Waals surface area contributed by atoms with Gasteiger partial charge in [0.05, 0.1) is 0 Å². The summed E-state index contributed by atoms with van der Waals surface area (Å²) in [6.45, 7) is 6.18. The second kappa shape index (κ2) is 6.04. The summed E-state index contributed by atoms with van der Waals surface area (Å²) in [6.07, 6.45) is 1.62. The van der Waals surface area contributed by atoms with Crippen LogP contribution in [0, 0.1) is 12.8 Å². The number of amides is 1. The van der Waals surface area contributed by atoms with Crippen molar-refractivity contribution in [2.45, 2.75) is 33.6 Å². The number of nitrogens with one attached hydrogen (secondary N) is 1. The monoisotopic (exact) mass is 283 g/mol. The molecule has 1 aromatic carbocycles. The molecule has 0 aliphatic heterocycles. The minimum Gasteiger partial charge on any atom is -0.326 e. The van der Waals surface area contributed by atoms with Gasteiger partial charge in [0.25, 0.3) is 0 Å². The molecule has 0 bridgehead atoms. The Morgan fingerprint density at radius 1 is 1.50 bits per heavy atom. The van der Waals surface area contributed by atoms with Crippen molar-refractivity contribution >= 4 is 27.5 Å². The predicted octanol–water partition coefficient (Wildman–Crippen LogP) is 4.13. The zero-order valence-electron chi connectivity index (χ0n) is 10.0. The van der Waals surface area contributed by atoms with Crippen molar-refractivity contribution in [2.75, 3.05) is 5.32 Å². The number of hydrogen-bond donors (Lipinski definition) is 1. The minimum absolute atomic E-state index is 0.0931. The number of aryl methyl sites for hydroxylation is 1. The summed E-state index contributed by atoms with van der Waals surface area (Å²) in [5.74, 6) is 0.531. The second-order valence-corrected chi connectivity index (χ2v) is 5.14. The van der Waals surface area contributed by atoms with Gasteiger partial charge in [0.1, 0.15) is 0 Å². The van der Waals surface area contributed by atoms with Crippen LogP contribution in [0.25, 0.3) is 0 Å². The summed E-state index contributed by atoms with van der Waals surface area (Å²) in [5.41, 5.74) is 1.98. The Labute approximate surface area is 106 Å². The minimum atomic E-state index is 0.0931. The molecule has 1 unspecified atom stereocenters. The molecule has 88 valence electrons. The number of halogens is 1. The maximum atomic E-state index is 11.7. The van der Waals surface area contributed by atoms with Crippen LogP contribution in [-0.2, 0) is 4.79 Å². The van der Waals surface area contributed by atoms with E-state index in [1.807, 2.05) is 25.1 Å². The predicted molar refractivity (Wildman–Crippen MR) is 71.6 cm³/mol. The standard InChI is InChI=1S/C13H18BrNO/c1-4-9(2)7-13(16)15-12-8-11(14)6-5-10(12)3/h5-6,8-9H,4,7H2,1-3H3,(H,15,16). The number of hydrogen-bond acceptors (Lipinski definition) is 1. The highest BCUT2D eigenvalue weighted by atomic mass is 79.9. The van der Waals surface area contributed by atoms with Gasteiger partial charge in [0.15, 0.2) is 0 Å². The first-order valence-corrected chi connectivity index (χ1v) is 6.38. The molecular formula is C13H18BrNO. The van der Waals surface area contributed by atoms with E-state index in [4.69, 9.17) is 0 Å². The highest BCUT2D eigenvalue weighted by Crippen LogP contribution is 2.21. The lowest BCUT2D eigenvalue weighted by Gasteiger charge is -2.11. The summed E-state index contributed by atoms with van der Waals surface area (Å²) in [5, 5.41) is 2.95. The molecule has 0 heterocycles. The van der Waals surface area contributed by atoms with Crippen molar-refractivity contribution in [3.8, 4) is 0 Å². The normalized spacial score (nSPS) is 12.2. The smallest absolute Gasteiger partial charge is 0.224 e. The van der Waals surface area contributed by atoms with Gasteiger partial charge in [-0.15, -0.1) is 0 Å². The van der Waals surface area contributed by atoms with E-state index in [2.05, 4.69) is 35.1 Å². The molecule has 16 heavy (non-hydrogen) atoms. The lowest BCUT2D eigenvalue weighted by molar-refractivity contribution is -0.117. The summed E-state index contributed by atoms with van der Waals surface area (Å²) in [7, 11) is 0. The fourth-order valence-corrected chi connectivity index (χ4v) is 1.75. The van der Waals surface area contributed by atoms with Crippen molar-refractivity contribution in [3.05, 3.63) is 28.2 Å². The van der Waals surface area contributed by atoms with E-state index in [0.717, 1.165) is 22.1 Å². The number of anilines is 1. The Morgan fingerprint density at radius 3 is 2.81 bits per heavy atom. The molecule has 0 aliphatic rings. The zero-order valence-corrected chi connectivity index (χ0v) is 11.6. The molecular weight excluding hydrogens is 266 g/mol. The summed E-state index contributed by atoms with van der Waals surface area (Å²) >= 11 is 3.40. The zero-order chi connectivity index (χ0) is 12.1. The highest BCUT2D eigenvalue weighted by Gasteiger charge is 2.08. The summed E-state index contributed by atoms with van der Waals surface area (Å²) in [6, 6.07) is 5.90. The van der Waals surface area contributed by atoms with Gasteiger partial charge >= 0.3 is 0 Å². The van der Waals surface area contributed by atoms with Crippen LogP contribution in [-0.4, -0.2) is 5.91 Å². The van der Waals surface area contributed by atoms with Gasteiger partial charge < -0.3 is 5.32 Å². The fourth-order valence-electron chi connectivity index (χ4n) is 1.39. The lowest BCUT2D eigenvalue weighted by atomic mass is 10.0. The third-order valence-corrected chi connectivity index (χ3v) is 3.20. The van der Waals surface area contributed by atoms with Crippen molar-refractivity contribution in [3.63, 3.8) is 0 Å². The van der Waals surface area contributed by atoms with Crippen LogP contribution >= 0.6 is 15.9 Å². The maximum absolute atomic E-state index is 11.7. The SMILES string of the molecule is CCC(C)CC(=O)Nc1cc(Br)ccc1C. The van der Waals surface area contributed by atoms with Gasteiger partial charge in [0, 0.05) is 16.6 Å². The van der Waals surface area contributed by atoms with E-state index in [9.17, 15) is 4.79 Å². The number of benzene rings is 1. The number of carbonyl (C=O) groups is 1. The Hall–Kier alpha value is -0.830. The lowest BCUT2D eigenvalue weighted by Crippen LogP contribution is -2.15. The molecule has 0 saturated carbocycles. The quantitative estimate of drug-likeness (QED) is 0.884.